The van der Waals surface area contributed by atoms with E-state index in [0.29, 0.717) is 47.6 Å². The van der Waals surface area contributed by atoms with Gasteiger partial charge in [0.05, 0.1) is 17.7 Å². The zero-order chi connectivity index (χ0) is 24.5. The number of aromatic nitrogens is 1. The molecule has 4 rings (SSSR count). The van der Waals surface area contributed by atoms with Crippen LogP contribution in [0.15, 0.2) is 33.9 Å². The lowest BCUT2D eigenvalue weighted by Crippen LogP contribution is -2.48. The maximum absolute atomic E-state index is 13.8. The number of benzene rings is 1. The molecule has 0 spiro atoms. The van der Waals surface area contributed by atoms with Crippen molar-refractivity contribution in [3.05, 3.63) is 35.2 Å². The molecule has 0 N–H and O–H groups in total. The number of anilines is 1. The Morgan fingerprint density at radius 3 is 2.74 bits per heavy atom. The summed E-state index contributed by atoms with van der Waals surface area (Å²) in [4.78, 5) is 22.4. The van der Waals surface area contributed by atoms with Crippen LogP contribution in [-0.4, -0.2) is 75.9 Å². The lowest BCUT2D eigenvalue weighted by atomic mass is 9.98. The van der Waals surface area contributed by atoms with Gasteiger partial charge in [-0.3, -0.25) is 9.69 Å². The Morgan fingerprint density at radius 2 is 2.06 bits per heavy atom. The summed E-state index contributed by atoms with van der Waals surface area (Å²) in [6.45, 7) is 3.77. The number of aryl methyl sites for hydroxylation is 1. The first-order chi connectivity index (χ1) is 16.2. The third-order valence-corrected chi connectivity index (χ3v) is 10.5. The Labute approximate surface area is 208 Å². The highest BCUT2D eigenvalue weighted by atomic mass is 32.2. The number of hydrogen-bond donors (Lipinski definition) is 0. The van der Waals surface area contributed by atoms with Crippen LogP contribution in [0, 0.1) is 12.8 Å². The van der Waals surface area contributed by atoms with Crippen molar-refractivity contribution in [2.24, 2.45) is 5.92 Å². The number of amides is 1. The standard InChI is InChI=1S/C23H30N4O4S3/c1-16-9-10-18(31-4)20-21(16)33-23(24-20)27(13-12-25(2)3)22(28)17-7-5-11-26(15-17)34(29,30)19-8-6-14-32-19/h6,8-10,14,17H,5,7,11-13,15H2,1-4H3. The van der Waals surface area contributed by atoms with Crippen molar-refractivity contribution < 1.29 is 17.9 Å². The largest absolute Gasteiger partial charge is 0.494 e. The van der Waals surface area contributed by atoms with E-state index in [2.05, 4.69) is 0 Å². The third-order valence-electron chi connectivity index (χ3n) is 6.00. The number of methoxy groups -OCH3 is 1. The minimum Gasteiger partial charge on any atom is -0.494 e. The molecule has 0 saturated carbocycles. The number of thiophene rings is 1. The van der Waals surface area contributed by atoms with Crippen LogP contribution in [0.25, 0.3) is 10.2 Å². The normalized spacial score (nSPS) is 17.4. The van der Waals surface area contributed by atoms with Crippen LogP contribution in [0.2, 0.25) is 0 Å². The van der Waals surface area contributed by atoms with Gasteiger partial charge in [-0.05, 0) is 56.9 Å². The van der Waals surface area contributed by atoms with Crippen LogP contribution >= 0.6 is 22.7 Å². The van der Waals surface area contributed by atoms with Gasteiger partial charge >= 0.3 is 0 Å². The molecule has 1 aliphatic heterocycles. The highest BCUT2D eigenvalue weighted by molar-refractivity contribution is 7.91. The molecular weight excluding hydrogens is 492 g/mol. The molecule has 1 atom stereocenters. The number of carbonyl (C=O) groups is 1. The summed E-state index contributed by atoms with van der Waals surface area (Å²) in [5.74, 6) is 0.179. The molecule has 0 aliphatic carbocycles. The number of ether oxygens (including phenoxy) is 1. The molecule has 0 bridgehead atoms. The molecule has 8 nitrogen and oxygen atoms in total. The highest BCUT2D eigenvalue weighted by Gasteiger charge is 2.36. The minimum absolute atomic E-state index is 0.0800. The van der Waals surface area contributed by atoms with Gasteiger partial charge in [-0.15, -0.1) is 11.3 Å². The molecule has 11 heteroatoms. The smallest absolute Gasteiger partial charge is 0.252 e. The number of fused-ring (bicyclic) bond motifs is 1. The summed E-state index contributed by atoms with van der Waals surface area (Å²) >= 11 is 2.68. The van der Waals surface area contributed by atoms with Crippen molar-refractivity contribution in [3.63, 3.8) is 0 Å². The molecule has 1 unspecified atom stereocenters. The second-order valence-corrected chi connectivity index (χ2v) is 12.8. The van der Waals surface area contributed by atoms with Gasteiger partial charge in [0.25, 0.3) is 10.0 Å². The quantitative estimate of drug-likeness (QED) is 0.449. The number of hydrogen-bond acceptors (Lipinski definition) is 8. The summed E-state index contributed by atoms with van der Waals surface area (Å²) in [7, 11) is 1.95. The fourth-order valence-electron chi connectivity index (χ4n) is 4.10. The molecule has 1 saturated heterocycles. The van der Waals surface area contributed by atoms with Gasteiger partial charge in [0.2, 0.25) is 5.91 Å². The van der Waals surface area contributed by atoms with E-state index >= 15 is 0 Å². The van der Waals surface area contributed by atoms with E-state index in [1.165, 1.54) is 27.0 Å². The van der Waals surface area contributed by atoms with E-state index in [-0.39, 0.29) is 12.5 Å². The number of nitrogens with zero attached hydrogens (tertiary/aromatic N) is 4. The second kappa shape index (κ2) is 10.3. The molecule has 0 radical (unpaired) electrons. The van der Waals surface area contributed by atoms with Crippen LogP contribution in [0.1, 0.15) is 18.4 Å². The molecule has 3 aromatic rings. The van der Waals surface area contributed by atoms with Gasteiger partial charge in [-0.2, -0.15) is 4.31 Å². The number of thiazole rings is 1. The summed E-state index contributed by atoms with van der Waals surface area (Å²) < 4.78 is 34.4. The van der Waals surface area contributed by atoms with E-state index in [1.807, 2.05) is 38.1 Å². The van der Waals surface area contributed by atoms with Gasteiger partial charge in [-0.1, -0.05) is 23.5 Å². The van der Waals surface area contributed by atoms with E-state index in [4.69, 9.17) is 9.72 Å². The Morgan fingerprint density at radius 1 is 1.26 bits per heavy atom. The van der Waals surface area contributed by atoms with Crippen molar-refractivity contribution in [2.75, 3.05) is 52.3 Å². The van der Waals surface area contributed by atoms with Crippen molar-refractivity contribution in [1.82, 2.24) is 14.2 Å². The Hall–Kier alpha value is -2.05. The third kappa shape index (κ3) is 4.99. The van der Waals surface area contributed by atoms with Gasteiger partial charge < -0.3 is 9.64 Å². The van der Waals surface area contributed by atoms with E-state index in [0.717, 1.165) is 15.8 Å². The fraction of sp³-hybridized carbons (Fsp3) is 0.478. The second-order valence-electron chi connectivity index (χ2n) is 8.69. The Bertz CT molecular complexity index is 1250. The maximum atomic E-state index is 13.8. The van der Waals surface area contributed by atoms with Crippen LogP contribution in [0.3, 0.4) is 0 Å². The van der Waals surface area contributed by atoms with Crippen LogP contribution in [0.5, 0.6) is 5.75 Å². The zero-order valence-corrected chi connectivity index (χ0v) is 22.3. The lowest BCUT2D eigenvalue weighted by Gasteiger charge is -2.33. The van der Waals surface area contributed by atoms with Crippen LogP contribution < -0.4 is 9.64 Å². The van der Waals surface area contributed by atoms with Gasteiger partial charge in [0.1, 0.15) is 15.5 Å². The minimum atomic E-state index is -3.59. The molecule has 34 heavy (non-hydrogen) atoms. The highest BCUT2D eigenvalue weighted by Crippen LogP contribution is 2.37. The number of sulfonamides is 1. The van der Waals surface area contributed by atoms with E-state index < -0.39 is 15.9 Å². The van der Waals surface area contributed by atoms with Crippen LogP contribution in [0.4, 0.5) is 5.13 Å². The van der Waals surface area contributed by atoms with Gasteiger partial charge in [0, 0.05) is 26.2 Å². The molecule has 2 aromatic heterocycles. The first-order valence-corrected chi connectivity index (χ1v) is 14.3. The molecule has 3 heterocycles. The average molecular weight is 523 g/mol. The molecule has 1 fully saturated rings. The SMILES string of the molecule is COc1ccc(C)c2sc(N(CCN(C)C)C(=O)C3CCCN(S(=O)(=O)c4cccs4)C3)nc12. The van der Waals surface area contributed by atoms with Gasteiger partial charge in [0.15, 0.2) is 5.13 Å². The predicted octanol–water partition coefficient (Wildman–Crippen LogP) is 3.67. The number of likely N-dealkylation sites (N-methyl/N-ethyl adjacent to an activating group) is 1. The Balaban J connectivity index is 1.64. The number of rotatable bonds is 8. The maximum Gasteiger partial charge on any atom is 0.252 e. The van der Waals surface area contributed by atoms with Gasteiger partial charge in [-0.25, -0.2) is 13.4 Å². The van der Waals surface area contributed by atoms with Crippen molar-refractivity contribution in [2.45, 2.75) is 24.0 Å². The zero-order valence-electron chi connectivity index (χ0n) is 19.9. The average Bonchev–Trinajstić information content (AvgIpc) is 3.51. The van der Waals surface area contributed by atoms with Crippen LogP contribution in [-0.2, 0) is 14.8 Å². The molecular formula is C23H30N4O4S3. The first kappa shape index (κ1) is 25.1. The van der Waals surface area contributed by atoms with Crippen molar-refractivity contribution >= 4 is 54.0 Å². The summed E-state index contributed by atoms with van der Waals surface area (Å²) in [5, 5.41) is 2.37. The number of carbonyl (C=O) groups excluding carboxylic acids is 1. The number of piperidine rings is 1. The monoisotopic (exact) mass is 522 g/mol. The molecule has 1 aromatic carbocycles. The topological polar surface area (TPSA) is 83.0 Å². The Kier molecular flexibility index (Phi) is 7.58. The lowest BCUT2D eigenvalue weighted by molar-refractivity contribution is -0.123. The molecule has 1 aliphatic rings. The summed E-state index contributed by atoms with van der Waals surface area (Å²) in [6, 6.07) is 7.23. The van der Waals surface area contributed by atoms with Crippen molar-refractivity contribution in [3.8, 4) is 5.75 Å². The summed E-state index contributed by atoms with van der Waals surface area (Å²) in [6.07, 6.45) is 1.30. The molecule has 184 valence electrons. The van der Waals surface area contributed by atoms with Crippen molar-refractivity contribution in [1.29, 1.82) is 0 Å². The molecule has 1 amide bonds. The summed E-state index contributed by atoms with van der Waals surface area (Å²) in [5.41, 5.74) is 1.82. The predicted molar refractivity (Wildman–Crippen MR) is 138 cm³/mol. The van der Waals surface area contributed by atoms with E-state index in [9.17, 15) is 13.2 Å². The first-order valence-electron chi connectivity index (χ1n) is 11.2. The fourth-order valence-corrected chi connectivity index (χ4v) is 7.85. The van der Waals surface area contributed by atoms with E-state index in [1.54, 1.807) is 29.5 Å².